The van der Waals surface area contributed by atoms with Gasteiger partial charge >= 0.3 is 17.9 Å². The highest BCUT2D eigenvalue weighted by molar-refractivity contribution is 5.99. The Morgan fingerprint density at radius 2 is 1.36 bits per heavy atom. The molecule has 0 saturated carbocycles. The monoisotopic (exact) mass is 396 g/mol. The molecule has 6 nitrogen and oxygen atoms in total. The molecule has 0 bridgehead atoms. The van der Waals surface area contributed by atoms with E-state index in [9.17, 15) is 19.5 Å². The molecule has 0 amide bonds. The van der Waals surface area contributed by atoms with E-state index in [2.05, 4.69) is 20.8 Å². The minimum Gasteiger partial charge on any atom is -0.478 e. The van der Waals surface area contributed by atoms with Crippen LogP contribution in [-0.4, -0.2) is 36.2 Å². The fourth-order valence-corrected chi connectivity index (χ4v) is 3.59. The lowest BCUT2D eigenvalue weighted by atomic mass is 9.61. The molecule has 0 aromatic carbocycles. The number of carboxylic acids is 1. The first-order valence-corrected chi connectivity index (χ1v) is 9.99. The first kappa shape index (κ1) is 24.2. The molecule has 160 valence electrons. The van der Waals surface area contributed by atoms with Gasteiger partial charge in [0.05, 0.1) is 5.41 Å². The molecule has 6 heteroatoms. The van der Waals surface area contributed by atoms with E-state index in [0.717, 1.165) is 12.8 Å². The van der Waals surface area contributed by atoms with Gasteiger partial charge in [-0.2, -0.15) is 0 Å². The van der Waals surface area contributed by atoms with Gasteiger partial charge in [-0.25, -0.2) is 9.59 Å². The highest BCUT2D eigenvalue weighted by atomic mass is 16.6. The van der Waals surface area contributed by atoms with E-state index < -0.39 is 17.4 Å². The van der Waals surface area contributed by atoms with Crippen molar-refractivity contribution in [3.63, 3.8) is 0 Å². The van der Waals surface area contributed by atoms with E-state index in [1.54, 1.807) is 0 Å². The van der Waals surface area contributed by atoms with Crippen LogP contribution in [0.25, 0.3) is 0 Å². The number of carboxylic acid groups (broad SMARTS) is 1. The lowest BCUT2D eigenvalue weighted by Gasteiger charge is -2.43. The lowest BCUT2D eigenvalue weighted by molar-refractivity contribution is -0.167. The number of rotatable bonds is 7. The van der Waals surface area contributed by atoms with E-state index in [1.807, 2.05) is 27.7 Å². The Hall–Kier alpha value is -1.85. The van der Waals surface area contributed by atoms with E-state index >= 15 is 0 Å². The lowest BCUT2D eigenvalue weighted by Crippen LogP contribution is -2.44. The van der Waals surface area contributed by atoms with Crippen LogP contribution in [0.2, 0.25) is 0 Å². The molecule has 1 aliphatic rings. The number of aliphatic carboxylic acids is 1. The molecular formula is C22H36O6. The summed E-state index contributed by atoms with van der Waals surface area (Å²) in [5.41, 5.74) is -0.653. The van der Waals surface area contributed by atoms with Crippen LogP contribution in [0.4, 0.5) is 0 Å². The number of carbonyl (C=O) groups is 3. The molecule has 0 saturated heterocycles. The van der Waals surface area contributed by atoms with Crippen molar-refractivity contribution >= 4 is 17.9 Å². The van der Waals surface area contributed by atoms with Crippen molar-refractivity contribution in [1.29, 1.82) is 0 Å². The van der Waals surface area contributed by atoms with Crippen molar-refractivity contribution in [2.75, 3.05) is 13.2 Å². The van der Waals surface area contributed by atoms with Crippen molar-refractivity contribution in [3.05, 3.63) is 11.1 Å². The Morgan fingerprint density at radius 3 is 1.82 bits per heavy atom. The standard InChI is InChI=1S/C22H36O6/c1-20(2,3)14-22(7,21(4,5)6)19(26)28-13-12-27-18(25)16-11-9-8-10-15(16)17(23)24/h8-14H2,1-7H3,(H,23,24). The summed E-state index contributed by atoms with van der Waals surface area (Å²) in [5, 5.41) is 9.23. The van der Waals surface area contributed by atoms with Crippen LogP contribution in [0.1, 0.15) is 80.6 Å². The third-order valence-corrected chi connectivity index (χ3v) is 5.51. The minimum atomic E-state index is -1.07. The van der Waals surface area contributed by atoms with Crippen LogP contribution in [0.5, 0.6) is 0 Å². The Bertz CT molecular complexity index is 632. The SMILES string of the molecule is CC(C)(C)CC(C)(C(=O)OCCOC(=O)C1=C(C(=O)O)CCCC1)C(C)(C)C. The molecule has 0 heterocycles. The Morgan fingerprint density at radius 1 is 0.857 bits per heavy atom. The van der Waals surface area contributed by atoms with Gasteiger partial charge in [0.15, 0.2) is 0 Å². The highest BCUT2D eigenvalue weighted by Crippen LogP contribution is 2.47. The van der Waals surface area contributed by atoms with E-state index in [0.29, 0.717) is 19.3 Å². The number of hydrogen-bond acceptors (Lipinski definition) is 5. The molecule has 0 aromatic rings. The van der Waals surface area contributed by atoms with Crippen molar-refractivity contribution in [1.82, 2.24) is 0 Å². The topological polar surface area (TPSA) is 89.9 Å². The van der Waals surface area contributed by atoms with Crippen LogP contribution in [0, 0.1) is 16.2 Å². The molecule has 0 aliphatic heterocycles. The van der Waals surface area contributed by atoms with Crippen LogP contribution < -0.4 is 0 Å². The maximum atomic E-state index is 12.8. The quantitative estimate of drug-likeness (QED) is 0.503. The third kappa shape index (κ3) is 6.35. The fourth-order valence-electron chi connectivity index (χ4n) is 3.59. The van der Waals surface area contributed by atoms with Crippen LogP contribution >= 0.6 is 0 Å². The Balaban J connectivity index is 2.68. The zero-order valence-corrected chi connectivity index (χ0v) is 18.4. The molecule has 1 aliphatic carbocycles. The van der Waals surface area contributed by atoms with E-state index in [-0.39, 0.29) is 41.2 Å². The van der Waals surface area contributed by atoms with Gasteiger partial charge in [-0.1, -0.05) is 41.5 Å². The summed E-state index contributed by atoms with van der Waals surface area (Å²) in [6.07, 6.45) is 2.98. The number of ether oxygens (including phenoxy) is 2. The normalized spacial score (nSPS) is 17.7. The summed E-state index contributed by atoms with van der Waals surface area (Å²) in [6.45, 7) is 14.1. The molecule has 1 unspecified atom stereocenters. The molecular weight excluding hydrogens is 360 g/mol. The summed E-state index contributed by atoms with van der Waals surface area (Å²) in [7, 11) is 0. The summed E-state index contributed by atoms with van der Waals surface area (Å²) in [5.74, 6) is -2.00. The van der Waals surface area contributed by atoms with Gasteiger partial charge < -0.3 is 14.6 Å². The molecule has 28 heavy (non-hydrogen) atoms. The van der Waals surface area contributed by atoms with Crippen LogP contribution in [0.3, 0.4) is 0 Å². The third-order valence-electron chi connectivity index (χ3n) is 5.51. The fraction of sp³-hybridized carbons (Fsp3) is 0.773. The van der Waals surface area contributed by atoms with Crippen molar-refractivity contribution in [2.45, 2.75) is 80.6 Å². The molecule has 0 aromatic heterocycles. The number of hydrogen-bond donors (Lipinski definition) is 1. The zero-order valence-electron chi connectivity index (χ0n) is 18.4. The molecule has 0 radical (unpaired) electrons. The first-order valence-electron chi connectivity index (χ1n) is 9.99. The molecule has 1 N–H and O–H groups in total. The summed E-state index contributed by atoms with van der Waals surface area (Å²) in [6, 6.07) is 0. The molecule has 0 spiro atoms. The van der Waals surface area contributed by atoms with Gasteiger partial charge in [-0.3, -0.25) is 4.79 Å². The van der Waals surface area contributed by atoms with Gasteiger partial charge in [0.2, 0.25) is 0 Å². The van der Waals surface area contributed by atoms with Gasteiger partial charge in [-0.05, 0) is 49.9 Å². The second-order valence-electron chi connectivity index (χ2n) is 10.1. The maximum absolute atomic E-state index is 12.8. The van der Waals surface area contributed by atoms with Gasteiger partial charge in [0, 0.05) is 11.1 Å². The van der Waals surface area contributed by atoms with Crippen molar-refractivity contribution in [3.8, 4) is 0 Å². The second kappa shape index (κ2) is 9.10. The van der Waals surface area contributed by atoms with E-state index in [1.165, 1.54) is 0 Å². The summed E-state index contributed by atoms with van der Waals surface area (Å²) >= 11 is 0. The summed E-state index contributed by atoms with van der Waals surface area (Å²) < 4.78 is 10.6. The molecule has 0 fully saturated rings. The smallest absolute Gasteiger partial charge is 0.334 e. The van der Waals surface area contributed by atoms with Gasteiger partial charge in [0.25, 0.3) is 0 Å². The van der Waals surface area contributed by atoms with Crippen LogP contribution in [0.15, 0.2) is 11.1 Å². The summed E-state index contributed by atoms with van der Waals surface area (Å²) in [4.78, 5) is 36.3. The minimum absolute atomic E-state index is 0.0456. The van der Waals surface area contributed by atoms with Crippen molar-refractivity contribution in [2.24, 2.45) is 16.2 Å². The van der Waals surface area contributed by atoms with Crippen molar-refractivity contribution < 1.29 is 29.0 Å². The van der Waals surface area contributed by atoms with E-state index in [4.69, 9.17) is 9.47 Å². The first-order chi connectivity index (χ1) is 12.7. The number of esters is 2. The average molecular weight is 397 g/mol. The highest BCUT2D eigenvalue weighted by Gasteiger charge is 2.47. The van der Waals surface area contributed by atoms with Gasteiger partial charge in [-0.15, -0.1) is 0 Å². The predicted molar refractivity (Wildman–Crippen MR) is 107 cm³/mol. The largest absolute Gasteiger partial charge is 0.478 e. The second-order valence-corrected chi connectivity index (χ2v) is 10.1. The predicted octanol–water partition coefficient (Wildman–Crippen LogP) is 4.52. The molecule has 1 atom stereocenters. The number of carbonyl (C=O) groups excluding carboxylic acids is 2. The zero-order chi connectivity index (χ0) is 21.8. The van der Waals surface area contributed by atoms with Gasteiger partial charge in [0.1, 0.15) is 13.2 Å². The maximum Gasteiger partial charge on any atom is 0.334 e. The Kier molecular flexibility index (Phi) is 7.86. The molecule has 1 rings (SSSR count). The Labute approximate surface area is 168 Å². The van der Waals surface area contributed by atoms with Crippen LogP contribution in [-0.2, 0) is 23.9 Å². The average Bonchev–Trinajstić information content (AvgIpc) is 2.55.